The van der Waals surface area contributed by atoms with Crippen molar-refractivity contribution in [3.05, 3.63) is 0 Å². The van der Waals surface area contributed by atoms with E-state index in [2.05, 4.69) is 0 Å². The highest BCUT2D eigenvalue weighted by molar-refractivity contribution is 7.91. The van der Waals surface area contributed by atoms with E-state index in [-0.39, 0.29) is 30.2 Å². The summed E-state index contributed by atoms with van der Waals surface area (Å²) in [4.78, 5) is 13.4. The largest absolute Gasteiger partial charge is 0.446 e. The fraction of sp³-hybridized carbons (Fsp3) is 0.909. The van der Waals surface area contributed by atoms with E-state index in [1.54, 1.807) is 0 Å². The van der Waals surface area contributed by atoms with Crippen molar-refractivity contribution >= 4 is 15.9 Å². The standard InChI is InChI=1S/C11H19NO4S/c13-11(16-10-4-1-2-5-10)12-6-3-8-17(14,15)9-7-12/h10H,1-9H2. The van der Waals surface area contributed by atoms with Gasteiger partial charge in [0.15, 0.2) is 9.84 Å². The molecule has 0 atom stereocenters. The number of carbonyl (C=O) groups excluding carboxylic acids is 1. The van der Waals surface area contributed by atoms with Crippen molar-refractivity contribution in [2.45, 2.75) is 38.2 Å². The summed E-state index contributed by atoms with van der Waals surface area (Å²) in [5, 5.41) is 0. The topological polar surface area (TPSA) is 63.7 Å². The van der Waals surface area contributed by atoms with Crippen LogP contribution in [0.2, 0.25) is 0 Å². The first-order chi connectivity index (χ1) is 8.07. The molecule has 0 spiro atoms. The van der Waals surface area contributed by atoms with E-state index < -0.39 is 9.84 Å². The Morgan fingerprint density at radius 1 is 1.06 bits per heavy atom. The molecule has 1 amide bonds. The van der Waals surface area contributed by atoms with E-state index in [1.807, 2.05) is 0 Å². The molecular weight excluding hydrogens is 242 g/mol. The van der Waals surface area contributed by atoms with Crippen LogP contribution in [0.1, 0.15) is 32.1 Å². The zero-order chi connectivity index (χ0) is 12.3. The van der Waals surface area contributed by atoms with Gasteiger partial charge in [0, 0.05) is 13.1 Å². The van der Waals surface area contributed by atoms with Crippen LogP contribution in [0, 0.1) is 0 Å². The fourth-order valence-corrected chi connectivity index (χ4v) is 3.62. The zero-order valence-electron chi connectivity index (χ0n) is 9.93. The first-order valence-corrected chi connectivity index (χ1v) is 8.05. The Balaban J connectivity index is 1.86. The van der Waals surface area contributed by atoms with Crippen LogP contribution in [0.4, 0.5) is 4.79 Å². The Hall–Kier alpha value is -0.780. The van der Waals surface area contributed by atoms with E-state index in [0.717, 1.165) is 25.7 Å². The number of hydrogen-bond donors (Lipinski definition) is 0. The highest BCUT2D eigenvalue weighted by atomic mass is 32.2. The van der Waals surface area contributed by atoms with Gasteiger partial charge < -0.3 is 9.64 Å². The molecule has 1 aliphatic heterocycles. The molecule has 2 aliphatic rings. The van der Waals surface area contributed by atoms with Crippen molar-refractivity contribution in [1.29, 1.82) is 0 Å². The summed E-state index contributed by atoms with van der Waals surface area (Å²) in [7, 11) is -2.96. The van der Waals surface area contributed by atoms with E-state index in [0.29, 0.717) is 13.0 Å². The molecule has 6 heteroatoms. The van der Waals surface area contributed by atoms with Gasteiger partial charge in [-0.3, -0.25) is 0 Å². The van der Waals surface area contributed by atoms with Crippen LogP contribution in [0.15, 0.2) is 0 Å². The molecule has 5 nitrogen and oxygen atoms in total. The van der Waals surface area contributed by atoms with E-state index in [4.69, 9.17) is 4.74 Å². The highest BCUT2D eigenvalue weighted by Gasteiger charge is 2.26. The molecule has 2 rings (SSSR count). The predicted octanol–water partition coefficient (Wildman–Crippen LogP) is 1.19. The maximum Gasteiger partial charge on any atom is 0.410 e. The van der Waals surface area contributed by atoms with Crippen molar-refractivity contribution in [2.75, 3.05) is 24.6 Å². The van der Waals surface area contributed by atoms with Crippen molar-refractivity contribution in [3.8, 4) is 0 Å². The summed E-state index contributed by atoms with van der Waals surface area (Å²) in [5.74, 6) is 0.243. The van der Waals surface area contributed by atoms with Crippen LogP contribution in [0.25, 0.3) is 0 Å². The molecule has 98 valence electrons. The Bertz CT molecular complexity index is 373. The third kappa shape index (κ3) is 3.59. The molecule has 1 saturated heterocycles. The van der Waals surface area contributed by atoms with Crippen LogP contribution in [0.3, 0.4) is 0 Å². The van der Waals surface area contributed by atoms with Gasteiger partial charge in [-0.25, -0.2) is 13.2 Å². The number of carbonyl (C=O) groups is 1. The number of rotatable bonds is 1. The molecule has 0 aromatic heterocycles. The summed E-state index contributed by atoms with van der Waals surface area (Å²) in [6.45, 7) is 0.763. The Kier molecular flexibility index (Phi) is 3.91. The van der Waals surface area contributed by atoms with Crippen molar-refractivity contribution in [2.24, 2.45) is 0 Å². The van der Waals surface area contributed by atoms with Crippen molar-refractivity contribution in [3.63, 3.8) is 0 Å². The Morgan fingerprint density at radius 2 is 1.76 bits per heavy atom. The van der Waals surface area contributed by atoms with Gasteiger partial charge in [0.1, 0.15) is 6.10 Å². The normalized spacial score (nSPS) is 25.5. The molecule has 0 N–H and O–H groups in total. The molecule has 0 aromatic carbocycles. The average molecular weight is 261 g/mol. The quantitative estimate of drug-likeness (QED) is 0.711. The molecule has 0 unspecified atom stereocenters. The molecule has 2 fully saturated rings. The third-order valence-electron chi connectivity index (χ3n) is 3.38. The molecular formula is C11H19NO4S. The zero-order valence-corrected chi connectivity index (χ0v) is 10.7. The molecule has 17 heavy (non-hydrogen) atoms. The minimum atomic E-state index is -2.96. The number of nitrogens with zero attached hydrogens (tertiary/aromatic N) is 1. The summed E-state index contributed by atoms with van der Waals surface area (Å²) in [6, 6.07) is 0. The summed E-state index contributed by atoms with van der Waals surface area (Å²) in [5.41, 5.74) is 0. The number of hydrogen-bond acceptors (Lipinski definition) is 4. The van der Waals surface area contributed by atoms with Crippen molar-refractivity contribution < 1.29 is 17.9 Å². The second-order valence-corrected chi connectivity index (χ2v) is 7.09. The fourth-order valence-electron chi connectivity index (χ4n) is 2.34. The number of ether oxygens (including phenoxy) is 1. The minimum absolute atomic E-state index is 0.0439. The lowest BCUT2D eigenvalue weighted by molar-refractivity contribution is 0.0674. The summed E-state index contributed by atoms with van der Waals surface area (Å²) >= 11 is 0. The van der Waals surface area contributed by atoms with E-state index in [9.17, 15) is 13.2 Å². The van der Waals surface area contributed by atoms with Crippen molar-refractivity contribution in [1.82, 2.24) is 4.90 Å². The second kappa shape index (κ2) is 5.25. The molecule has 0 bridgehead atoms. The SMILES string of the molecule is O=C(OC1CCCC1)N1CCCS(=O)(=O)CC1. The monoisotopic (exact) mass is 261 g/mol. The van der Waals surface area contributed by atoms with Gasteiger partial charge in [0.2, 0.25) is 0 Å². The number of sulfone groups is 1. The van der Waals surface area contributed by atoms with Crippen LogP contribution in [-0.4, -0.2) is 50.1 Å². The van der Waals surface area contributed by atoms with Gasteiger partial charge >= 0.3 is 6.09 Å². The smallest absolute Gasteiger partial charge is 0.410 e. The first-order valence-electron chi connectivity index (χ1n) is 6.23. The molecule has 1 heterocycles. The lowest BCUT2D eigenvalue weighted by Gasteiger charge is -2.21. The van der Waals surface area contributed by atoms with Gasteiger partial charge in [-0.05, 0) is 32.1 Å². The molecule has 0 aromatic rings. The maximum absolute atomic E-state index is 11.8. The van der Waals surface area contributed by atoms with Gasteiger partial charge in [-0.2, -0.15) is 0 Å². The van der Waals surface area contributed by atoms with Crippen LogP contribution < -0.4 is 0 Å². The molecule has 0 radical (unpaired) electrons. The van der Waals surface area contributed by atoms with Gasteiger partial charge in [0.25, 0.3) is 0 Å². The highest BCUT2D eigenvalue weighted by Crippen LogP contribution is 2.22. The Morgan fingerprint density at radius 3 is 2.47 bits per heavy atom. The lowest BCUT2D eigenvalue weighted by Crippen LogP contribution is -2.35. The van der Waals surface area contributed by atoms with Gasteiger partial charge in [-0.15, -0.1) is 0 Å². The predicted molar refractivity (Wildman–Crippen MR) is 63.6 cm³/mol. The van der Waals surface area contributed by atoms with Crippen LogP contribution in [0.5, 0.6) is 0 Å². The van der Waals surface area contributed by atoms with Crippen LogP contribution >= 0.6 is 0 Å². The summed E-state index contributed by atoms with van der Waals surface area (Å²) in [6.07, 6.45) is 4.34. The molecule has 1 saturated carbocycles. The minimum Gasteiger partial charge on any atom is -0.446 e. The lowest BCUT2D eigenvalue weighted by atomic mass is 10.3. The molecule has 1 aliphatic carbocycles. The first kappa shape index (κ1) is 12.7. The average Bonchev–Trinajstić information content (AvgIpc) is 2.68. The van der Waals surface area contributed by atoms with Gasteiger partial charge in [-0.1, -0.05) is 0 Å². The van der Waals surface area contributed by atoms with Gasteiger partial charge in [0.05, 0.1) is 11.5 Å². The van der Waals surface area contributed by atoms with E-state index >= 15 is 0 Å². The number of amides is 1. The van der Waals surface area contributed by atoms with Crippen LogP contribution in [-0.2, 0) is 14.6 Å². The third-order valence-corrected chi connectivity index (χ3v) is 5.10. The Labute approximate surface area is 102 Å². The second-order valence-electron chi connectivity index (χ2n) is 4.78. The maximum atomic E-state index is 11.8. The van der Waals surface area contributed by atoms with E-state index in [1.165, 1.54) is 4.90 Å². The summed E-state index contributed by atoms with van der Waals surface area (Å²) < 4.78 is 28.2.